The molecule has 124 valence electrons. The standard InChI is InChI=1S/C17H16FN3O3/c18-12-6-7-16(21(23)24)15(10-12)17(22)20-9-8-14(11-20)19-13-4-2-1-3-5-13/h1-7,10,14,19H,8-9,11H2/t14-/m1/s1. The number of benzene rings is 2. The van der Waals surface area contributed by atoms with E-state index < -0.39 is 16.6 Å². The highest BCUT2D eigenvalue weighted by molar-refractivity contribution is 5.98. The predicted molar refractivity (Wildman–Crippen MR) is 87.4 cm³/mol. The average molecular weight is 329 g/mol. The number of nitro benzene ring substituents is 1. The van der Waals surface area contributed by atoms with Crippen LogP contribution < -0.4 is 5.32 Å². The Kier molecular flexibility index (Phi) is 4.41. The van der Waals surface area contributed by atoms with Crippen LogP contribution in [0, 0.1) is 15.9 Å². The molecule has 2 aromatic rings. The van der Waals surface area contributed by atoms with Gasteiger partial charge in [-0.3, -0.25) is 14.9 Å². The highest BCUT2D eigenvalue weighted by Gasteiger charge is 2.31. The van der Waals surface area contributed by atoms with Crippen LogP contribution in [-0.4, -0.2) is 34.9 Å². The first-order chi connectivity index (χ1) is 11.5. The van der Waals surface area contributed by atoms with Crippen LogP contribution >= 0.6 is 0 Å². The lowest BCUT2D eigenvalue weighted by Gasteiger charge is -2.18. The SMILES string of the molecule is O=C(c1cc(F)ccc1[N+](=O)[O-])N1CC[C@@H](Nc2ccccc2)C1. The fourth-order valence-corrected chi connectivity index (χ4v) is 2.84. The number of amides is 1. The molecule has 0 aliphatic carbocycles. The van der Waals surface area contributed by atoms with E-state index in [1.165, 1.54) is 4.90 Å². The normalized spacial score (nSPS) is 16.9. The number of anilines is 1. The second-order valence-electron chi connectivity index (χ2n) is 5.67. The summed E-state index contributed by atoms with van der Waals surface area (Å²) in [5, 5.41) is 14.4. The smallest absolute Gasteiger partial charge is 0.282 e. The Morgan fingerprint density at radius 2 is 2.00 bits per heavy atom. The molecular weight excluding hydrogens is 313 g/mol. The lowest BCUT2D eigenvalue weighted by atomic mass is 10.1. The van der Waals surface area contributed by atoms with E-state index in [2.05, 4.69) is 5.32 Å². The molecule has 1 aliphatic heterocycles. The van der Waals surface area contributed by atoms with E-state index in [0.717, 1.165) is 30.3 Å². The van der Waals surface area contributed by atoms with Crippen LogP contribution in [0.25, 0.3) is 0 Å². The molecule has 6 nitrogen and oxygen atoms in total. The van der Waals surface area contributed by atoms with Crippen molar-refractivity contribution in [2.45, 2.75) is 12.5 Å². The summed E-state index contributed by atoms with van der Waals surface area (Å²) < 4.78 is 13.4. The maximum Gasteiger partial charge on any atom is 0.282 e. The summed E-state index contributed by atoms with van der Waals surface area (Å²) in [6.45, 7) is 0.887. The number of likely N-dealkylation sites (tertiary alicyclic amines) is 1. The van der Waals surface area contributed by atoms with Crippen LogP contribution in [0.4, 0.5) is 15.8 Å². The first-order valence-electron chi connectivity index (χ1n) is 7.59. The third-order valence-electron chi connectivity index (χ3n) is 4.01. The third kappa shape index (κ3) is 3.34. The van der Waals surface area contributed by atoms with Crippen molar-refractivity contribution in [3.05, 3.63) is 70.0 Å². The van der Waals surface area contributed by atoms with E-state index >= 15 is 0 Å². The molecule has 0 spiro atoms. The third-order valence-corrected chi connectivity index (χ3v) is 4.01. The summed E-state index contributed by atoms with van der Waals surface area (Å²) in [5.41, 5.74) is 0.370. The summed E-state index contributed by atoms with van der Waals surface area (Å²) in [4.78, 5) is 24.5. The predicted octanol–water partition coefficient (Wildman–Crippen LogP) is 3.06. The van der Waals surface area contributed by atoms with E-state index in [1.807, 2.05) is 30.3 Å². The number of hydrogen-bond acceptors (Lipinski definition) is 4. The maximum atomic E-state index is 13.4. The summed E-state index contributed by atoms with van der Waals surface area (Å²) in [6.07, 6.45) is 0.726. The molecule has 1 saturated heterocycles. The van der Waals surface area contributed by atoms with Gasteiger partial charge in [0, 0.05) is 30.9 Å². The number of nitrogens with one attached hydrogen (secondary N) is 1. The van der Waals surface area contributed by atoms with Gasteiger partial charge in [-0.25, -0.2) is 4.39 Å². The first-order valence-corrected chi connectivity index (χ1v) is 7.59. The monoisotopic (exact) mass is 329 g/mol. The molecule has 0 radical (unpaired) electrons. The minimum atomic E-state index is -0.665. The quantitative estimate of drug-likeness (QED) is 0.691. The molecule has 1 atom stereocenters. The van der Waals surface area contributed by atoms with Gasteiger partial charge in [-0.15, -0.1) is 0 Å². The molecule has 0 aromatic heterocycles. The molecule has 1 heterocycles. The molecule has 1 fully saturated rings. The molecule has 2 aromatic carbocycles. The van der Waals surface area contributed by atoms with E-state index in [1.54, 1.807) is 0 Å². The molecule has 1 amide bonds. The van der Waals surface area contributed by atoms with Crippen molar-refractivity contribution >= 4 is 17.3 Å². The Balaban J connectivity index is 1.73. The van der Waals surface area contributed by atoms with Gasteiger partial charge < -0.3 is 10.2 Å². The highest BCUT2D eigenvalue weighted by Crippen LogP contribution is 2.24. The number of nitrogens with zero attached hydrogens (tertiary/aromatic N) is 2. The lowest BCUT2D eigenvalue weighted by Crippen LogP contribution is -2.32. The zero-order valence-electron chi connectivity index (χ0n) is 12.8. The van der Waals surface area contributed by atoms with Crippen molar-refractivity contribution in [1.82, 2.24) is 4.90 Å². The summed E-state index contributed by atoms with van der Waals surface area (Å²) >= 11 is 0. The molecular formula is C17H16FN3O3. The van der Waals surface area contributed by atoms with Crippen molar-refractivity contribution in [1.29, 1.82) is 0 Å². The van der Waals surface area contributed by atoms with Crippen LogP contribution in [0.5, 0.6) is 0 Å². The van der Waals surface area contributed by atoms with Gasteiger partial charge in [0.15, 0.2) is 0 Å². The van der Waals surface area contributed by atoms with Gasteiger partial charge in [0.1, 0.15) is 11.4 Å². The van der Waals surface area contributed by atoms with Gasteiger partial charge in [-0.05, 0) is 30.7 Å². The molecule has 0 unspecified atom stereocenters. The molecule has 1 N–H and O–H groups in total. The van der Waals surface area contributed by atoms with E-state index in [0.29, 0.717) is 13.1 Å². The topological polar surface area (TPSA) is 75.5 Å². The summed E-state index contributed by atoms with van der Waals surface area (Å²) in [5.74, 6) is -1.18. The second-order valence-corrected chi connectivity index (χ2v) is 5.67. The van der Waals surface area contributed by atoms with E-state index in [9.17, 15) is 19.3 Å². The van der Waals surface area contributed by atoms with E-state index in [4.69, 9.17) is 0 Å². The van der Waals surface area contributed by atoms with Crippen molar-refractivity contribution in [3.63, 3.8) is 0 Å². The van der Waals surface area contributed by atoms with Gasteiger partial charge in [0.2, 0.25) is 0 Å². The molecule has 3 rings (SSSR count). The van der Waals surface area contributed by atoms with E-state index in [-0.39, 0.29) is 17.3 Å². The van der Waals surface area contributed by atoms with Gasteiger partial charge in [-0.2, -0.15) is 0 Å². The largest absolute Gasteiger partial charge is 0.380 e. The van der Waals surface area contributed by atoms with Gasteiger partial charge in [0.05, 0.1) is 4.92 Å². The molecule has 1 aliphatic rings. The minimum Gasteiger partial charge on any atom is -0.380 e. The van der Waals surface area contributed by atoms with Gasteiger partial charge in [-0.1, -0.05) is 18.2 Å². The molecule has 24 heavy (non-hydrogen) atoms. The Morgan fingerprint density at radius 3 is 2.71 bits per heavy atom. The van der Waals surface area contributed by atoms with Crippen LogP contribution in [0.1, 0.15) is 16.8 Å². The second kappa shape index (κ2) is 6.66. The highest BCUT2D eigenvalue weighted by atomic mass is 19.1. The molecule has 0 saturated carbocycles. The zero-order valence-corrected chi connectivity index (χ0v) is 12.8. The van der Waals surface area contributed by atoms with Crippen molar-refractivity contribution < 1.29 is 14.1 Å². The lowest BCUT2D eigenvalue weighted by molar-refractivity contribution is -0.385. The fraction of sp³-hybridized carbons (Fsp3) is 0.235. The number of carbonyl (C=O) groups excluding carboxylic acids is 1. The number of para-hydroxylation sites is 1. The van der Waals surface area contributed by atoms with Gasteiger partial charge in [0.25, 0.3) is 11.6 Å². The Morgan fingerprint density at radius 1 is 1.25 bits per heavy atom. The Bertz CT molecular complexity index is 767. The van der Waals surface area contributed by atoms with Crippen molar-refractivity contribution in [2.24, 2.45) is 0 Å². The number of carbonyl (C=O) groups is 1. The van der Waals surface area contributed by atoms with Crippen LogP contribution in [-0.2, 0) is 0 Å². The summed E-state index contributed by atoms with van der Waals surface area (Å²) in [7, 11) is 0. The molecule has 7 heteroatoms. The first kappa shape index (κ1) is 15.9. The number of halogens is 1. The van der Waals surface area contributed by atoms with Gasteiger partial charge >= 0.3 is 0 Å². The van der Waals surface area contributed by atoms with Crippen LogP contribution in [0.3, 0.4) is 0 Å². The Labute approximate surface area is 138 Å². The zero-order chi connectivity index (χ0) is 17.1. The number of hydrogen-bond donors (Lipinski definition) is 1. The Hall–Kier alpha value is -2.96. The average Bonchev–Trinajstić information content (AvgIpc) is 3.03. The van der Waals surface area contributed by atoms with Crippen molar-refractivity contribution in [3.8, 4) is 0 Å². The molecule has 0 bridgehead atoms. The number of rotatable bonds is 4. The maximum absolute atomic E-state index is 13.4. The van der Waals surface area contributed by atoms with Crippen LogP contribution in [0.2, 0.25) is 0 Å². The fourth-order valence-electron chi connectivity index (χ4n) is 2.84. The van der Waals surface area contributed by atoms with Crippen molar-refractivity contribution in [2.75, 3.05) is 18.4 Å². The van der Waals surface area contributed by atoms with Crippen LogP contribution in [0.15, 0.2) is 48.5 Å². The summed E-state index contributed by atoms with van der Waals surface area (Å²) in [6, 6.07) is 12.6. The number of nitro groups is 1. The minimum absolute atomic E-state index is 0.0592.